The Morgan fingerprint density at radius 1 is 0.900 bits per heavy atom. The van der Waals surface area contributed by atoms with Crippen LogP contribution in [0, 0.1) is 0 Å². The van der Waals surface area contributed by atoms with Crippen molar-refractivity contribution in [1.82, 2.24) is 0 Å². The van der Waals surface area contributed by atoms with E-state index in [0.29, 0.717) is 0 Å². The monoisotopic (exact) mass is 269 g/mol. The van der Waals surface area contributed by atoms with E-state index in [1.807, 2.05) is 43.3 Å². The molecule has 1 unspecified atom stereocenters. The van der Waals surface area contributed by atoms with Gasteiger partial charge < -0.3 is 10.5 Å². The maximum Gasteiger partial charge on any atom is 0.121 e. The van der Waals surface area contributed by atoms with Gasteiger partial charge in [-0.2, -0.15) is 0 Å². The summed E-state index contributed by atoms with van der Waals surface area (Å²) in [5.74, 6) is 0.891. The van der Waals surface area contributed by atoms with E-state index in [-0.39, 0.29) is 11.5 Å². The molecule has 0 saturated carbocycles. The van der Waals surface area contributed by atoms with Crippen molar-refractivity contribution in [2.24, 2.45) is 0 Å². The van der Waals surface area contributed by atoms with E-state index in [9.17, 15) is 0 Å². The zero-order valence-corrected chi connectivity index (χ0v) is 12.7. The van der Waals surface area contributed by atoms with Crippen LogP contribution in [0.25, 0.3) is 0 Å². The van der Waals surface area contributed by atoms with Gasteiger partial charge in [0.2, 0.25) is 0 Å². The van der Waals surface area contributed by atoms with Gasteiger partial charge in [0.15, 0.2) is 0 Å². The number of hydrogen-bond acceptors (Lipinski definition) is 2. The Morgan fingerprint density at radius 3 is 1.95 bits per heavy atom. The van der Waals surface area contributed by atoms with Gasteiger partial charge in [-0.1, -0.05) is 45.0 Å². The van der Waals surface area contributed by atoms with E-state index in [1.165, 1.54) is 5.56 Å². The molecule has 0 heterocycles. The minimum Gasteiger partial charge on any atom is -0.486 e. The van der Waals surface area contributed by atoms with Gasteiger partial charge in [-0.3, -0.25) is 0 Å². The Morgan fingerprint density at radius 2 is 1.45 bits per heavy atom. The third kappa shape index (κ3) is 3.53. The second kappa shape index (κ2) is 5.58. The first kappa shape index (κ1) is 14.4. The Bertz CT molecular complexity index is 549. The average Bonchev–Trinajstić information content (AvgIpc) is 2.39. The van der Waals surface area contributed by atoms with Crippen molar-refractivity contribution in [1.29, 1.82) is 0 Å². The van der Waals surface area contributed by atoms with Crippen molar-refractivity contribution in [2.45, 2.75) is 39.2 Å². The van der Waals surface area contributed by atoms with E-state index in [4.69, 9.17) is 10.5 Å². The average molecular weight is 269 g/mol. The third-order valence-corrected chi connectivity index (χ3v) is 3.44. The molecule has 2 aromatic rings. The van der Waals surface area contributed by atoms with Crippen molar-refractivity contribution in [3.63, 3.8) is 0 Å². The molecule has 0 bridgehead atoms. The first-order chi connectivity index (χ1) is 9.36. The zero-order valence-electron chi connectivity index (χ0n) is 12.7. The van der Waals surface area contributed by atoms with Crippen molar-refractivity contribution >= 4 is 5.69 Å². The highest BCUT2D eigenvalue weighted by molar-refractivity contribution is 5.40. The molecule has 2 aromatic carbocycles. The Labute approximate surface area is 121 Å². The van der Waals surface area contributed by atoms with Gasteiger partial charge in [0.1, 0.15) is 11.9 Å². The fourth-order valence-corrected chi connectivity index (χ4v) is 2.07. The van der Waals surface area contributed by atoms with E-state index in [1.54, 1.807) is 0 Å². The minimum absolute atomic E-state index is 0.0103. The molecule has 106 valence electrons. The summed E-state index contributed by atoms with van der Waals surface area (Å²) in [6, 6.07) is 16.1. The molecule has 0 spiro atoms. The number of nitrogen functional groups attached to an aromatic ring is 1. The van der Waals surface area contributed by atoms with E-state index in [2.05, 4.69) is 32.9 Å². The van der Waals surface area contributed by atoms with E-state index < -0.39 is 0 Å². The highest BCUT2D eigenvalue weighted by atomic mass is 16.5. The molecule has 20 heavy (non-hydrogen) atoms. The van der Waals surface area contributed by atoms with Crippen LogP contribution in [0.3, 0.4) is 0 Å². The zero-order chi connectivity index (χ0) is 14.8. The van der Waals surface area contributed by atoms with E-state index >= 15 is 0 Å². The van der Waals surface area contributed by atoms with Gasteiger partial charge in [-0.15, -0.1) is 0 Å². The summed E-state index contributed by atoms with van der Waals surface area (Å²) in [6.07, 6.45) is 0.0103. The predicted octanol–water partition coefficient (Wildman–Crippen LogP) is 4.71. The molecule has 0 aliphatic heterocycles. The summed E-state index contributed by atoms with van der Waals surface area (Å²) in [5, 5.41) is 0. The summed E-state index contributed by atoms with van der Waals surface area (Å²) in [7, 11) is 0. The molecule has 0 aliphatic carbocycles. The largest absolute Gasteiger partial charge is 0.486 e. The Balaban J connectivity index is 2.08. The molecule has 2 nitrogen and oxygen atoms in total. The molecule has 0 aliphatic rings. The minimum atomic E-state index is 0.0103. The maximum absolute atomic E-state index is 5.97. The maximum atomic E-state index is 5.97. The molecular formula is C18H23NO. The van der Waals surface area contributed by atoms with Gasteiger partial charge in [0.25, 0.3) is 0 Å². The van der Waals surface area contributed by atoms with Crippen molar-refractivity contribution < 1.29 is 4.74 Å². The van der Waals surface area contributed by atoms with Crippen LogP contribution >= 0.6 is 0 Å². The Hall–Kier alpha value is -1.96. The predicted molar refractivity (Wildman–Crippen MR) is 85.0 cm³/mol. The molecule has 2 rings (SSSR count). The normalized spacial score (nSPS) is 13.0. The highest BCUT2D eigenvalue weighted by Gasteiger charge is 2.13. The van der Waals surface area contributed by atoms with Crippen LogP contribution in [0.2, 0.25) is 0 Å². The van der Waals surface area contributed by atoms with Crippen LogP contribution in [0.15, 0.2) is 48.5 Å². The van der Waals surface area contributed by atoms with Crippen molar-refractivity contribution in [3.8, 4) is 5.75 Å². The summed E-state index contributed by atoms with van der Waals surface area (Å²) in [6.45, 7) is 8.67. The first-order valence-corrected chi connectivity index (χ1v) is 6.99. The smallest absolute Gasteiger partial charge is 0.121 e. The second-order valence-corrected chi connectivity index (χ2v) is 6.20. The number of benzene rings is 2. The number of nitrogens with two attached hydrogens (primary N) is 1. The number of rotatable bonds is 3. The molecule has 0 radical (unpaired) electrons. The van der Waals surface area contributed by atoms with Crippen LogP contribution in [-0.4, -0.2) is 0 Å². The summed E-state index contributed by atoms with van der Waals surface area (Å²) in [4.78, 5) is 0. The summed E-state index contributed by atoms with van der Waals surface area (Å²) < 4.78 is 5.97. The van der Waals surface area contributed by atoms with Gasteiger partial charge in [0, 0.05) is 5.69 Å². The van der Waals surface area contributed by atoms with Crippen LogP contribution < -0.4 is 10.5 Å². The molecule has 2 heteroatoms. The number of ether oxygens (including phenoxy) is 1. The quantitative estimate of drug-likeness (QED) is 0.819. The number of anilines is 1. The van der Waals surface area contributed by atoms with Gasteiger partial charge in [0.05, 0.1) is 0 Å². The van der Waals surface area contributed by atoms with Crippen molar-refractivity contribution in [2.75, 3.05) is 5.73 Å². The van der Waals surface area contributed by atoms with Crippen LogP contribution in [0.1, 0.15) is 44.9 Å². The van der Waals surface area contributed by atoms with Gasteiger partial charge in [-0.05, 0) is 47.7 Å². The molecule has 0 fully saturated rings. The summed E-state index contributed by atoms with van der Waals surface area (Å²) in [5.41, 5.74) is 9.07. The number of hydrogen-bond donors (Lipinski definition) is 1. The molecule has 0 aromatic heterocycles. The lowest BCUT2D eigenvalue weighted by Crippen LogP contribution is -2.10. The molecule has 0 saturated heterocycles. The molecule has 1 atom stereocenters. The molecular weight excluding hydrogens is 246 g/mol. The third-order valence-electron chi connectivity index (χ3n) is 3.44. The topological polar surface area (TPSA) is 35.2 Å². The standard InChI is InChI=1S/C18H23NO/c1-13(14-5-9-16(19)10-6-14)20-17-11-7-15(8-12-17)18(2,3)4/h5-13H,19H2,1-4H3. The lowest BCUT2D eigenvalue weighted by atomic mass is 9.87. The lowest BCUT2D eigenvalue weighted by Gasteiger charge is -2.20. The van der Waals surface area contributed by atoms with Crippen LogP contribution in [-0.2, 0) is 5.41 Å². The van der Waals surface area contributed by atoms with Gasteiger partial charge in [-0.25, -0.2) is 0 Å². The van der Waals surface area contributed by atoms with Gasteiger partial charge >= 0.3 is 0 Å². The Kier molecular flexibility index (Phi) is 4.03. The molecule has 0 amide bonds. The second-order valence-electron chi connectivity index (χ2n) is 6.20. The van der Waals surface area contributed by atoms with Crippen LogP contribution in [0.4, 0.5) is 5.69 Å². The van der Waals surface area contributed by atoms with Crippen molar-refractivity contribution in [3.05, 3.63) is 59.7 Å². The van der Waals surface area contributed by atoms with E-state index in [0.717, 1.165) is 17.0 Å². The highest BCUT2D eigenvalue weighted by Crippen LogP contribution is 2.27. The molecule has 2 N–H and O–H groups in total. The fourth-order valence-electron chi connectivity index (χ4n) is 2.07. The van der Waals surface area contributed by atoms with Crippen LogP contribution in [0.5, 0.6) is 5.75 Å². The lowest BCUT2D eigenvalue weighted by molar-refractivity contribution is 0.227. The fraction of sp³-hybridized carbons (Fsp3) is 0.333. The summed E-state index contributed by atoms with van der Waals surface area (Å²) >= 11 is 0. The SMILES string of the molecule is CC(Oc1ccc(C(C)(C)C)cc1)c1ccc(N)cc1. The first-order valence-electron chi connectivity index (χ1n) is 6.99.